The molecule has 4 spiro atoms. The summed E-state index contributed by atoms with van der Waals surface area (Å²) in [6.07, 6.45) is 24.8. The highest BCUT2D eigenvalue weighted by Crippen LogP contribution is 2.71. The lowest BCUT2D eigenvalue weighted by molar-refractivity contribution is -0.187. The van der Waals surface area contributed by atoms with Gasteiger partial charge in [-0.15, -0.1) is 19.3 Å². The third kappa shape index (κ3) is 15.9. The number of nitrogens with zero attached hydrogens (tertiary/aromatic N) is 7. The van der Waals surface area contributed by atoms with Crippen LogP contribution in [-0.2, 0) is 104 Å². The Morgan fingerprint density at radius 2 is 0.677 bits per heavy atom. The lowest BCUT2D eigenvalue weighted by Crippen LogP contribution is -2.77. The van der Waals surface area contributed by atoms with E-state index >= 15 is 0 Å². The van der Waals surface area contributed by atoms with Crippen molar-refractivity contribution in [3.63, 3.8) is 0 Å². The van der Waals surface area contributed by atoms with E-state index in [2.05, 4.69) is 115 Å². The summed E-state index contributed by atoms with van der Waals surface area (Å²) >= 11 is 0. The first-order valence-electron chi connectivity index (χ1n) is 46.7. The Balaban J connectivity index is 0.000000124. The number of carbonyl (C=O) groups excluding carboxylic acids is 4. The van der Waals surface area contributed by atoms with E-state index in [1.165, 1.54) is 16.7 Å². The number of hydrogen-bond acceptors (Lipinski definition) is 29. The highest BCUT2D eigenvalue weighted by atomic mass is 16.6. The van der Waals surface area contributed by atoms with Crippen LogP contribution < -0.4 is 54.4 Å². The zero-order chi connectivity index (χ0) is 93.6. The first kappa shape index (κ1) is 95.2. The van der Waals surface area contributed by atoms with Crippen LogP contribution in [0.15, 0.2) is 53.6 Å². The second-order valence-corrected chi connectivity index (χ2v) is 38.3. The van der Waals surface area contributed by atoms with Crippen molar-refractivity contribution in [3.8, 4) is 83.0 Å². The molecule has 8 fully saturated rings. The molecule has 4 amide bonds. The van der Waals surface area contributed by atoms with Gasteiger partial charge < -0.3 is 137 Å². The third-order valence-electron chi connectivity index (χ3n) is 32.3. The molecule has 8 heterocycles. The van der Waals surface area contributed by atoms with Gasteiger partial charge in [-0.25, -0.2) is 0 Å². The Bertz CT molecular complexity index is 5200. The van der Waals surface area contributed by atoms with E-state index in [9.17, 15) is 44.7 Å². The standard InChI is InChI=1S/C27H36N2O7.C25H32N2O6.C23H31N5O6.C23H28N2O5/c1-4-11-33-12-13-34-14-15-35-17-22(30)28-19-7-8-27(31)21-16-18-5-6-20(32-3)24-23(18)26(27,25(19)36-24)9-10-29(21)2;1-4-11-31-12-13-32-15-20(28)26-17-7-8-25(29)19-14-16-5-6-18(30-3)22-21(16)24(25,23(17)33-22)9-10-27(19)2;1-28-8-6-22-19-14-2-3-16(29)20(19)34-21(22)15(4-5-23(22,31)17(28)12-14)26-18(30)13-33-11-10-32-9-7-25-27-24;1-4-11-29-13-18(26)24-15-7-8-23(27)17-12-14-5-6-16(28-3)20-19(14)22(23,21(15)30-20)9-10-25(17)2/h1,5-6,19,21,25,31H,7-17H2,2-3H3,(H,28,30);1,5-6,17,19,23,29H,7-15H2,2-3H3,(H,26,28);2-3,15,17,21,29,31H,4-13H2,1H3,(H,26,30);1,5-6,15,17,21,27H,7-13H2,2-3H3,(H,24,26)/t19-,21?,25-,26-,27+;17-,19?,23-,24-,25+;2*15-,17?,21-,22-,23+/m0000/s1. The fraction of sp³-hybridized carbons (Fsp3) is 0.653. The van der Waals surface area contributed by atoms with Gasteiger partial charge in [0.25, 0.3) is 0 Å². The van der Waals surface area contributed by atoms with E-state index < -0.39 is 50.2 Å². The monoisotopic (exact) mass is 1840 g/mol. The maximum atomic E-state index is 12.8. The van der Waals surface area contributed by atoms with Gasteiger partial charge in [-0.2, -0.15) is 0 Å². The molecule has 8 aliphatic carbocycles. The van der Waals surface area contributed by atoms with Crippen LogP contribution in [0.2, 0.25) is 0 Å². The van der Waals surface area contributed by atoms with E-state index in [4.69, 9.17) is 95.9 Å². The van der Waals surface area contributed by atoms with Gasteiger partial charge in [0, 0.05) is 57.9 Å². The molecule has 4 aromatic carbocycles. The summed E-state index contributed by atoms with van der Waals surface area (Å²) in [5.74, 6) is 11.0. The second-order valence-electron chi connectivity index (χ2n) is 38.3. The number of likely N-dealkylation sites (tertiary alicyclic amines) is 4. The Kier molecular flexibility index (Phi) is 27.9. The molecule has 4 aromatic rings. The molecule has 16 aliphatic rings. The van der Waals surface area contributed by atoms with Gasteiger partial charge in [-0.3, -0.25) is 19.2 Å². The lowest BCUT2D eigenvalue weighted by atomic mass is 9.48. The maximum Gasteiger partial charge on any atom is 0.246 e. The molecule has 8 aliphatic heterocycles. The molecule has 35 nitrogen and oxygen atoms in total. The Morgan fingerprint density at radius 3 is 0.985 bits per heavy atom. The number of likely N-dealkylation sites (N-methyl/N-ethyl adjacent to an activating group) is 4. The molecular weight excluding hydrogens is 1720 g/mol. The summed E-state index contributed by atoms with van der Waals surface area (Å²) in [5.41, 5.74) is 11.0. The fourth-order valence-corrected chi connectivity index (χ4v) is 26.8. The SMILES string of the molecule is C#CCOCC(=O)N[C@H]1CC[C@@]2(O)C3Cc4ccc(OC)c5c4[C@@]2(CCN3C)[C@H]1O5.C#CCOCCOCC(=O)N[C@H]1CC[C@@]2(O)C3Cc4ccc(OC)c5c4[C@@]2(CCN3C)[C@H]1O5.C#CCOCCOCCOCC(=O)N[C@H]1CC[C@@]2(O)C3Cc4ccc(OC)c5c4[C@@]2(CCN3C)[C@H]1O5.CN1CC[C@]23c4c5ccc(O)c4O[C@H]2[C@@H](NC(=O)COCCOCCN=[N+]=[N-])CC[C@@]3(O)C1C5. The maximum absolute atomic E-state index is 12.8. The molecule has 9 N–H and O–H groups in total. The number of hydrogen-bond donors (Lipinski definition) is 9. The third-order valence-corrected chi connectivity index (χ3v) is 32.3. The molecule has 4 saturated heterocycles. The number of piperidine rings is 4. The normalized spacial score (nSPS) is 33.4. The van der Waals surface area contributed by atoms with Gasteiger partial charge >= 0.3 is 0 Å². The zero-order valence-electron chi connectivity index (χ0n) is 77.1. The average molecular weight is 1840 g/mol. The number of rotatable bonds is 33. The minimum Gasteiger partial charge on any atom is -0.504 e. The number of benzene rings is 4. The number of aliphatic hydroxyl groups is 4. The molecule has 20 rings (SSSR count). The van der Waals surface area contributed by atoms with Gasteiger partial charge in [0.1, 0.15) is 70.7 Å². The van der Waals surface area contributed by atoms with E-state index in [0.29, 0.717) is 140 Å². The van der Waals surface area contributed by atoms with Crippen molar-refractivity contribution in [1.82, 2.24) is 40.9 Å². The molecule has 718 valence electrons. The molecule has 8 bridgehead atoms. The number of terminal acetylenes is 3. The first-order chi connectivity index (χ1) is 64.3. The van der Waals surface area contributed by atoms with Crippen LogP contribution in [0, 0.1) is 37.0 Å². The van der Waals surface area contributed by atoms with Crippen molar-refractivity contribution in [2.45, 2.75) is 220 Å². The summed E-state index contributed by atoms with van der Waals surface area (Å²) in [6, 6.07) is 14.8. The van der Waals surface area contributed by atoms with E-state index in [-0.39, 0.29) is 155 Å². The highest BCUT2D eigenvalue weighted by molar-refractivity contribution is 5.80. The van der Waals surface area contributed by atoms with Gasteiger partial charge in [0.15, 0.2) is 46.0 Å². The number of azide groups is 1. The van der Waals surface area contributed by atoms with Gasteiger partial charge in [-0.05, 0) is 209 Å². The van der Waals surface area contributed by atoms with Gasteiger partial charge in [0.05, 0.1) is 149 Å². The molecule has 20 atom stereocenters. The minimum atomic E-state index is -0.985. The molecule has 4 saturated carbocycles. The van der Waals surface area contributed by atoms with Gasteiger partial charge in [-0.1, -0.05) is 47.1 Å². The van der Waals surface area contributed by atoms with Crippen molar-refractivity contribution in [2.24, 2.45) is 5.11 Å². The van der Waals surface area contributed by atoms with Crippen LogP contribution in [0.1, 0.15) is 122 Å². The predicted octanol–water partition coefficient (Wildman–Crippen LogP) is 2.90. The van der Waals surface area contributed by atoms with Crippen LogP contribution >= 0.6 is 0 Å². The highest BCUT2D eigenvalue weighted by Gasteiger charge is 2.78. The first-order valence-corrected chi connectivity index (χ1v) is 46.7. The van der Waals surface area contributed by atoms with Crippen LogP contribution in [-0.4, -0.2) is 352 Å². The van der Waals surface area contributed by atoms with Gasteiger partial charge in [0.2, 0.25) is 23.6 Å². The summed E-state index contributed by atoms with van der Waals surface area (Å²) in [5, 5.41) is 75.1. The second kappa shape index (κ2) is 38.9. The molecule has 35 heteroatoms. The predicted molar refractivity (Wildman–Crippen MR) is 482 cm³/mol. The number of nitrogens with one attached hydrogen (secondary N) is 4. The fourth-order valence-electron chi connectivity index (χ4n) is 26.8. The Hall–Kier alpha value is -9.49. The summed E-state index contributed by atoms with van der Waals surface area (Å²) in [6.45, 7) is 6.92. The van der Waals surface area contributed by atoms with Crippen LogP contribution in [0.4, 0.5) is 0 Å². The van der Waals surface area contributed by atoms with E-state index in [0.717, 1.165) is 110 Å². The molecular formula is C98H127N11O24. The number of carbonyl (C=O) groups is 4. The van der Waals surface area contributed by atoms with Crippen LogP contribution in [0.25, 0.3) is 10.4 Å². The number of methoxy groups -OCH3 is 3. The number of amides is 4. The van der Waals surface area contributed by atoms with Crippen molar-refractivity contribution in [1.29, 1.82) is 0 Å². The topological polar surface area (TPSA) is 418 Å². The minimum absolute atomic E-state index is 0.0150. The van der Waals surface area contributed by atoms with Crippen molar-refractivity contribution >= 4 is 23.6 Å². The lowest BCUT2D eigenvalue weighted by Gasteiger charge is -2.63. The Labute approximate surface area is 775 Å². The summed E-state index contributed by atoms with van der Waals surface area (Å²) in [7, 11) is 13.2. The van der Waals surface area contributed by atoms with E-state index in [1.807, 2.05) is 24.3 Å². The molecule has 0 aromatic heterocycles. The van der Waals surface area contributed by atoms with Crippen molar-refractivity contribution < 1.29 is 116 Å². The van der Waals surface area contributed by atoms with Crippen molar-refractivity contribution in [2.75, 3.05) is 188 Å². The number of phenols is 1. The average Bonchev–Trinajstić information content (AvgIpc) is 1.55. The van der Waals surface area contributed by atoms with E-state index in [1.54, 1.807) is 27.4 Å². The quantitative estimate of drug-likeness (QED) is 0.0109. The molecule has 133 heavy (non-hydrogen) atoms. The molecule has 0 radical (unpaired) electrons. The van der Waals surface area contributed by atoms with Crippen LogP contribution in [0.5, 0.6) is 46.0 Å². The Morgan fingerprint density at radius 1 is 0.406 bits per heavy atom. The summed E-state index contributed by atoms with van der Waals surface area (Å²) in [4.78, 5) is 62.4. The smallest absolute Gasteiger partial charge is 0.246 e. The number of aromatic hydroxyl groups is 1. The number of ether oxygens (including phenoxy) is 15. The number of phenolic OH excluding ortho intramolecular Hbond substituents is 1. The molecule has 4 unspecified atom stereocenters. The summed E-state index contributed by atoms with van der Waals surface area (Å²) < 4.78 is 85.5. The zero-order valence-corrected chi connectivity index (χ0v) is 77.1. The largest absolute Gasteiger partial charge is 0.504 e. The van der Waals surface area contributed by atoms with Crippen LogP contribution in [0.3, 0.4) is 0 Å². The van der Waals surface area contributed by atoms with Crippen molar-refractivity contribution in [3.05, 3.63) is 103 Å².